The zero-order valence-electron chi connectivity index (χ0n) is 7.13. The minimum Gasteiger partial charge on any atom is -0.398 e. The van der Waals surface area contributed by atoms with Crippen molar-refractivity contribution in [2.45, 2.75) is 19.4 Å². The van der Waals surface area contributed by atoms with Crippen LogP contribution < -0.4 is 5.73 Å². The zero-order chi connectivity index (χ0) is 9.35. The fraction of sp³-hybridized carbons (Fsp3) is 0.333. The van der Waals surface area contributed by atoms with Gasteiger partial charge in [-0.1, -0.05) is 17.7 Å². The van der Waals surface area contributed by atoms with E-state index in [2.05, 4.69) is 0 Å². The Labute approximate surface area is 77.0 Å². The van der Waals surface area contributed by atoms with Gasteiger partial charge in [0.1, 0.15) is 0 Å². The van der Waals surface area contributed by atoms with E-state index in [1.807, 2.05) is 0 Å². The molecule has 0 atom stereocenters. The van der Waals surface area contributed by atoms with Gasteiger partial charge in [-0.05, 0) is 26.0 Å². The van der Waals surface area contributed by atoms with Crippen LogP contribution in [0.3, 0.4) is 0 Å². The molecule has 0 aromatic heterocycles. The van der Waals surface area contributed by atoms with Crippen molar-refractivity contribution in [1.82, 2.24) is 0 Å². The smallest absolute Gasteiger partial charge is 0.0860 e. The normalized spacial score (nSPS) is 11.7. The molecule has 0 aliphatic heterocycles. The van der Waals surface area contributed by atoms with Crippen molar-refractivity contribution < 1.29 is 5.11 Å². The second-order valence-corrected chi connectivity index (χ2v) is 3.73. The van der Waals surface area contributed by atoms with E-state index in [1.165, 1.54) is 0 Å². The Hall–Kier alpha value is -0.730. The summed E-state index contributed by atoms with van der Waals surface area (Å²) in [6.07, 6.45) is 0. The molecule has 0 unspecified atom stereocenters. The maximum absolute atomic E-state index is 9.64. The SMILES string of the molecule is CC(C)(O)c1ccc(Cl)cc1N. The van der Waals surface area contributed by atoms with E-state index in [9.17, 15) is 5.11 Å². The Morgan fingerprint density at radius 3 is 2.42 bits per heavy atom. The van der Waals surface area contributed by atoms with Crippen LogP contribution in [0.1, 0.15) is 19.4 Å². The Kier molecular flexibility index (Phi) is 2.31. The van der Waals surface area contributed by atoms with Gasteiger partial charge in [-0.3, -0.25) is 0 Å². The van der Waals surface area contributed by atoms with Gasteiger partial charge in [-0.2, -0.15) is 0 Å². The summed E-state index contributed by atoms with van der Waals surface area (Å²) in [6.45, 7) is 3.37. The lowest BCUT2D eigenvalue weighted by Gasteiger charge is -2.19. The van der Waals surface area contributed by atoms with Crippen LogP contribution in [0.4, 0.5) is 5.69 Å². The van der Waals surface area contributed by atoms with E-state index >= 15 is 0 Å². The number of aliphatic hydroxyl groups is 1. The summed E-state index contributed by atoms with van der Waals surface area (Å²) >= 11 is 5.71. The first kappa shape index (κ1) is 9.36. The standard InChI is InChI=1S/C9H12ClNO/c1-9(2,12)7-4-3-6(10)5-8(7)11/h3-5,12H,11H2,1-2H3. The molecule has 0 heterocycles. The summed E-state index contributed by atoms with van der Waals surface area (Å²) in [6, 6.07) is 5.08. The van der Waals surface area contributed by atoms with E-state index in [4.69, 9.17) is 17.3 Å². The van der Waals surface area contributed by atoms with Gasteiger partial charge in [0, 0.05) is 16.3 Å². The van der Waals surface area contributed by atoms with E-state index in [-0.39, 0.29) is 0 Å². The average molecular weight is 186 g/mol. The minimum absolute atomic E-state index is 0.523. The van der Waals surface area contributed by atoms with Crippen molar-refractivity contribution in [2.75, 3.05) is 5.73 Å². The van der Waals surface area contributed by atoms with E-state index in [0.717, 1.165) is 0 Å². The number of benzene rings is 1. The van der Waals surface area contributed by atoms with Crippen LogP contribution >= 0.6 is 11.6 Å². The van der Waals surface area contributed by atoms with Crippen LogP contribution in [0.25, 0.3) is 0 Å². The van der Waals surface area contributed by atoms with Crippen LogP contribution in [-0.4, -0.2) is 5.11 Å². The second-order valence-electron chi connectivity index (χ2n) is 3.29. The molecule has 2 nitrogen and oxygen atoms in total. The molecule has 12 heavy (non-hydrogen) atoms. The first-order valence-electron chi connectivity index (χ1n) is 3.69. The molecule has 0 fully saturated rings. The van der Waals surface area contributed by atoms with Crippen molar-refractivity contribution in [3.63, 3.8) is 0 Å². The van der Waals surface area contributed by atoms with Crippen LogP contribution in [0.15, 0.2) is 18.2 Å². The van der Waals surface area contributed by atoms with Gasteiger partial charge in [-0.25, -0.2) is 0 Å². The number of rotatable bonds is 1. The zero-order valence-corrected chi connectivity index (χ0v) is 7.89. The van der Waals surface area contributed by atoms with Crippen LogP contribution in [-0.2, 0) is 5.60 Å². The highest BCUT2D eigenvalue weighted by atomic mass is 35.5. The summed E-state index contributed by atoms with van der Waals surface area (Å²) in [5.74, 6) is 0. The lowest BCUT2D eigenvalue weighted by molar-refractivity contribution is 0.0794. The fourth-order valence-electron chi connectivity index (χ4n) is 1.09. The number of nitrogen functional groups attached to an aromatic ring is 1. The molecule has 0 aliphatic carbocycles. The van der Waals surface area contributed by atoms with Gasteiger partial charge < -0.3 is 10.8 Å². The molecule has 0 bridgehead atoms. The summed E-state index contributed by atoms with van der Waals surface area (Å²) in [5.41, 5.74) is 5.98. The molecule has 0 amide bonds. The van der Waals surface area contributed by atoms with Gasteiger partial charge in [0.05, 0.1) is 5.60 Å². The predicted molar refractivity (Wildman–Crippen MR) is 51.1 cm³/mol. The van der Waals surface area contributed by atoms with E-state index < -0.39 is 5.60 Å². The average Bonchev–Trinajstić information content (AvgIpc) is 1.83. The predicted octanol–water partition coefficient (Wildman–Crippen LogP) is 2.15. The topological polar surface area (TPSA) is 46.2 Å². The Morgan fingerprint density at radius 1 is 1.42 bits per heavy atom. The van der Waals surface area contributed by atoms with Gasteiger partial charge in [0.25, 0.3) is 0 Å². The van der Waals surface area contributed by atoms with Gasteiger partial charge in [0.15, 0.2) is 0 Å². The second kappa shape index (κ2) is 2.96. The molecule has 3 N–H and O–H groups in total. The number of anilines is 1. The number of halogens is 1. The van der Waals surface area contributed by atoms with E-state index in [0.29, 0.717) is 16.3 Å². The molecule has 66 valence electrons. The first-order valence-corrected chi connectivity index (χ1v) is 4.07. The van der Waals surface area contributed by atoms with Crippen molar-refractivity contribution in [2.24, 2.45) is 0 Å². The maximum atomic E-state index is 9.64. The molecule has 1 aromatic rings. The monoisotopic (exact) mass is 185 g/mol. The highest BCUT2D eigenvalue weighted by Gasteiger charge is 2.18. The molecule has 0 radical (unpaired) electrons. The first-order chi connectivity index (χ1) is 5.41. The third kappa shape index (κ3) is 1.90. The molecule has 1 aromatic carbocycles. The highest BCUT2D eigenvalue weighted by molar-refractivity contribution is 6.30. The van der Waals surface area contributed by atoms with Gasteiger partial charge in [-0.15, -0.1) is 0 Å². The van der Waals surface area contributed by atoms with Crippen molar-refractivity contribution in [3.05, 3.63) is 28.8 Å². The fourth-order valence-corrected chi connectivity index (χ4v) is 1.27. The van der Waals surface area contributed by atoms with Crippen molar-refractivity contribution >= 4 is 17.3 Å². The maximum Gasteiger partial charge on any atom is 0.0860 e. The largest absolute Gasteiger partial charge is 0.398 e. The molecule has 1 rings (SSSR count). The van der Waals surface area contributed by atoms with Crippen LogP contribution in [0, 0.1) is 0 Å². The molecule has 3 heteroatoms. The molecule has 0 saturated heterocycles. The Balaban J connectivity index is 3.19. The molecular weight excluding hydrogens is 174 g/mol. The van der Waals surface area contributed by atoms with Gasteiger partial charge >= 0.3 is 0 Å². The lowest BCUT2D eigenvalue weighted by atomic mass is 9.97. The summed E-state index contributed by atoms with van der Waals surface area (Å²) in [4.78, 5) is 0. The third-order valence-electron chi connectivity index (χ3n) is 1.67. The minimum atomic E-state index is -0.908. The quantitative estimate of drug-likeness (QED) is 0.659. The van der Waals surface area contributed by atoms with Crippen LogP contribution in [0.2, 0.25) is 5.02 Å². The molecule has 0 spiro atoms. The number of hydrogen-bond donors (Lipinski definition) is 2. The van der Waals surface area contributed by atoms with Crippen LogP contribution in [0.5, 0.6) is 0 Å². The van der Waals surface area contributed by atoms with Crippen molar-refractivity contribution in [3.8, 4) is 0 Å². The summed E-state index contributed by atoms with van der Waals surface area (Å²) in [7, 11) is 0. The number of nitrogens with two attached hydrogens (primary N) is 1. The number of hydrogen-bond acceptors (Lipinski definition) is 2. The highest BCUT2D eigenvalue weighted by Crippen LogP contribution is 2.27. The van der Waals surface area contributed by atoms with E-state index in [1.54, 1.807) is 32.0 Å². The summed E-state index contributed by atoms with van der Waals surface area (Å²) < 4.78 is 0. The molecule has 0 aliphatic rings. The third-order valence-corrected chi connectivity index (χ3v) is 1.91. The summed E-state index contributed by atoms with van der Waals surface area (Å²) in [5, 5.41) is 10.2. The van der Waals surface area contributed by atoms with Gasteiger partial charge in [0.2, 0.25) is 0 Å². The Morgan fingerprint density at radius 2 is 2.00 bits per heavy atom. The molecular formula is C9H12ClNO. The Bertz CT molecular complexity index is 291. The lowest BCUT2D eigenvalue weighted by Crippen LogP contribution is -2.17. The van der Waals surface area contributed by atoms with Crippen molar-refractivity contribution in [1.29, 1.82) is 0 Å². The molecule has 0 saturated carbocycles.